The Balaban J connectivity index is 1.28. The molecule has 0 saturated heterocycles. The van der Waals surface area contributed by atoms with Crippen LogP contribution in [0.5, 0.6) is 11.5 Å². The molecule has 8 heteroatoms. The Morgan fingerprint density at radius 1 is 1.07 bits per heavy atom. The largest absolute Gasteiger partial charge is 0.486 e. The number of thioether (sulfide) groups is 1. The summed E-state index contributed by atoms with van der Waals surface area (Å²) >= 11 is 1.39. The van der Waals surface area contributed by atoms with Gasteiger partial charge in [0.25, 0.3) is 0 Å². The van der Waals surface area contributed by atoms with E-state index in [9.17, 15) is 4.79 Å². The molecule has 0 unspecified atom stereocenters. The van der Waals surface area contributed by atoms with Crippen LogP contribution in [0.25, 0.3) is 5.69 Å². The van der Waals surface area contributed by atoms with Crippen molar-refractivity contribution >= 4 is 23.4 Å². The third-order valence-corrected chi connectivity index (χ3v) is 5.70. The van der Waals surface area contributed by atoms with Gasteiger partial charge in [0.05, 0.1) is 5.75 Å². The zero-order chi connectivity index (χ0) is 19.6. The van der Waals surface area contributed by atoms with Crippen LogP contribution in [0.2, 0.25) is 0 Å². The van der Waals surface area contributed by atoms with Gasteiger partial charge in [0, 0.05) is 23.4 Å². The summed E-state index contributed by atoms with van der Waals surface area (Å²) in [7, 11) is 0. The van der Waals surface area contributed by atoms with Crippen molar-refractivity contribution in [1.82, 2.24) is 14.8 Å². The molecule has 7 nitrogen and oxygen atoms in total. The molecule has 1 saturated carbocycles. The fourth-order valence-corrected chi connectivity index (χ4v) is 4.01. The highest BCUT2D eigenvalue weighted by Gasteiger charge is 2.31. The minimum atomic E-state index is -0.109. The van der Waals surface area contributed by atoms with Crippen molar-refractivity contribution in [3.8, 4) is 17.2 Å². The first-order chi connectivity index (χ1) is 14.3. The van der Waals surface area contributed by atoms with Gasteiger partial charge in [-0.1, -0.05) is 30.0 Å². The van der Waals surface area contributed by atoms with E-state index in [1.54, 1.807) is 6.07 Å². The Hall–Kier alpha value is -3.00. The normalized spacial score (nSPS) is 15.2. The average molecular weight is 408 g/mol. The molecule has 29 heavy (non-hydrogen) atoms. The number of rotatable bonds is 6. The monoisotopic (exact) mass is 408 g/mol. The quantitative estimate of drug-likeness (QED) is 0.628. The number of nitrogens with one attached hydrogen (secondary N) is 1. The topological polar surface area (TPSA) is 78.3 Å². The van der Waals surface area contributed by atoms with Crippen molar-refractivity contribution in [2.24, 2.45) is 0 Å². The number of anilines is 1. The molecule has 0 atom stereocenters. The molecule has 2 heterocycles. The number of amides is 1. The lowest BCUT2D eigenvalue weighted by Crippen LogP contribution is -2.17. The van der Waals surface area contributed by atoms with E-state index in [1.165, 1.54) is 11.8 Å². The number of aromatic nitrogens is 3. The fourth-order valence-electron chi connectivity index (χ4n) is 3.25. The SMILES string of the molecule is O=C(CSc1nnc(C2CC2)n1-c1ccccc1)Nc1ccc2c(c1)OCCO2. The number of ether oxygens (including phenoxy) is 2. The van der Waals surface area contributed by atoms with Crippen LogP contribution in [0.15, 0.2) is 53.7 Å². The Bertz CT molecular complexity index is 1030. The van der Waals surface area contributed by atoms with E-state index >= 15 is 0 Å². The molecule has 1 amide bonds. The average Bonchev–Trinajstić information content (AvgIpc) is 3.52. The Kier molecular flexibility index (Phi) is 4.85. The number of para-hydroxylation sites is 1. The Morgan fingerprint density at radius 3 is 2.66 bits per heavy atom. The molecular formula is C21H20N4O3S. The Labute approximate surface area is 172 Å². The highest BCUT2D eigenvalue weighted by molar-refractivity contribution is 7.99. The molecule has 148 valence electrons. The van der Waals surface area contributed by atoms with E-state index in [1.807, 2.05) is 42.5 Å². The molecular weight excluding hydrogens is 388 g/mol. The lowest BCUT2D eigenvalue weighted by Gasteiger charge is -2.19. The maximum atomic E-state index is 12.5. The summed E-state index contributed by atoms with van der Waals surface area (Å²) in [5, 5.41) is 12.4. The first-order valence-corrected chi connectivity index (χ1v) is 10.6. The number of fused-ring (bicyclic) bond motifs is 1. The van der Waals surface area contributed by atoms with E-state index < -0.39 is 0 Å². The molecule has 5 rings (SSSR count). The van der Waals surface area contributed by atoms with Crippen LogP contribution in [-0.4, -0.2) is 39.6 Å². The number of benzene rings is 2. The van der Waals surface area contributed by atoms with Crippen molar-refractivity contribution in [2.45, 2.75) is 23.9 Å². The van der Waals surface area contributed by atoms with Crippen LogP contribution < -0.4 is 14.8 Å². The highest BCUT2D eigenvalue weighted by atomic mass is 32.2. The summed E-state index contributed by atoms with van der Waals surface area (Å²) < 4.78 is 13.1. The lowest BCUT2D eigenvalue weighted by atomic mass is 10.2. The minimum Gasteiger partial charge on any atom is -0.486 e. The first kappa shape index (κ1) is 18.1. The smallest absolute Gasteiger partial charge is 0.234 e. The number of hydrogen-bond acceptors (Lipinski definition) is 6. The Morgan fingerprint density at radius 2 is 1.86 bits per heavy atom. The highest BCUT2D eigenvalue weighted by Crippen LogP contribution is 2.41. The van der Waals surface area contributed by atoms with Gasteiger partial charge in [0.1, 0.15) is 19.0 Å². The zero-order valence-corrected chi connectivity index (χ0v) is 16.5. The van der Waals surface area contributed by atoms with E-state index in [4.69, 9.17) is 9.47 Å². The van der Waals surface area contributed by atoms with Gasteiger partial charge in [-0.2, -0.15) is 0 Å². The van der Waals surface area contributed by atoms with Gasteiger partial charge < -0.3 is 14.8 Å². The van der Waals surface area contributed by atoms with Crippen LogP contribution in [0.4, 0.5) is 5.69 Å². The van der Waals surface area contributed by atoms with Gasteiger partial charge in [-0.05, 0) is 37.1 Å². The fraction of sp³-hybridized carbons (Fsp3) is 0.286. The molecule has 0 spiro atoms. The van der Waals surface area contributed by atoms with Crippen molar-refractivity contribution in [1.29, 1.82) is 0 Å². The summed E-state index contributed by atoms with van der Waals surface area (Å²) in [4.78, 5) is 12.5. The van der Waals surface area contributed by atoms with Crippen LogP contribution in [0.3, 0.4) is 0 Å². The molecule has 1 N–H and O–H groups in total. The molecule has 1 aliphatic carbocycles. The van der Waals surface area contributed by atoms with E-state index in [2.05, 4.69) is 20.1 Å². The minimum absolute atomic E-state index is 0.109. The standard InChI is InChI=1S/C21H20N4O3S/c26-19(22-15-8-9-17-18(12-15)28-11-10-27-17)13-29-21-24-23-20(14-6-7-14)25(21)16-4-2-1-3-5-16/h1-5,8-9,12,14H,6-7,10-11,13H2,(H,22,26). The summed E-state index contributed by atoms with van der Waals surface area (Å²) in [5.41, 5.74) is 1.71. The molecule has 2 aromatic carbocycles. The molecule has 3 aromatic rings. The second-order valence-corrected chi connectivity index (χ2v) is 7.92. The third-order valence-electron chi connectivity index (χ3n) is 4.77. The van der Waals surface area contributed by atoms with Crippen molar-refractivity contribution < 1.29 is 14.3 Å². The van der Waals surface area contributed by atoms with Gasteiger partial charge in [-0.15, -0.1) is 10.2 Å². The number of carbonyl (C=O) groups is 1. The van der Waals surface area contributed by atoms with Gasteiger partial charge in [-0.3, -0.25) is 9.36 Å². The second-order valence-electron chi connectivity index (χ2n) is 6.98. The van der Waals surface area contributed by atoms with Crippen LogP contribution in [-0.2, 0) is 4.79 Å². The zero-order valence-electron chi connectivity index (χ0n) is 15.7. The summed E-state index contributed by atoms with van der Waals surface area (Å²) in [6.45, 7) is 1.05. The molecule has 1 aliphatic heterocycles. The van der Waals surface area contributed by atoms with Gasteiger partial charge in [-0.25, -0.2) is 0 Å². The molecule has 0 radical (unpaired) electrons. The van der Waals surface area contributed by atoms with Gasteiger partial charge in [0.15, 0.2) is 16.7 Å². The van der Waals surface area contributed by atoms with E-state index in [0.29, 0.717) is 36.3 Å². The van der Waals surface area contributed by atoms with Crippen molar-refractivity contribution in [3.63, 3.8) is 0 Å². The van der Waals surface area contributed by atoms with Gasteiger partial charge >= 0.3 is 0 Å². The number of hydrogen-bond donors (Lipinski definition) is 1. The summed E-state index contributed by atoms with van der Waals surface area (Å²) in [6, 6.07) is 15.5. The summed E-state index contributed by atoms with van der Waals surface area (Å²) in [5.74, 6) is 2.92. The first-order valence-electron chi connectivity index (χ1n) is 9.61. The van der Waals surface area contributed by atoms with Crippen molar-refractivity contribution in [2.75, 3.05) is 24.3 Å². The van der Waals surface area contributed by atoms with Crippen molar-refractivity contribution in [3.05, 3.63) is 54.4 Å². The maximum absolute atomic E-state index is 12.5. The second kappa shape index (κ2) is 7.79. The number of nitrogens with zero attached hydrogens (tertiary/aromatic N) is 3. The lowest BCUT2D eigenvalue weighted by molar-refractivity contribution is -0.113. The predicted octanol–water partition coefficient (Wildman–Crippen LogP) is 3.65. The van der Waals surface area contributed by atoms with Crippen LogP contribution in [0, 0.1) is 0 Å². The van der Waals surface area contributed by atoms with E-state index in [-0.39, 0.29) is 11.7 Å². The summed E-state index contributed by atoms with van der Waals surface area (Å²) in [6.07, 6.45) is 2.28. The predicted molar refractivity (Wildman–Crippen MR) is 110 cm³/mol. The number of carbonyl (C=O) groups excluding carboxylic acids is 1. The molecule has 1 aromatic heterocycles. The van der Waals surface area contributed by atoms with Crippen LogP contribution in [0.1, 0.15) is 24.6 Å². The van der Waals surface area contributed by atoms with E-state index in [0.717, 1.165) is 29.5 Å². The third kappa shape index (κ3) is 3.93. The molecule has 0 bridgehead atoms. The maximum Gasteiger partial charge on any atom is 0.234 e. The van der Waals surface area contributed by atoms with Gasteiger partial charge in [0.2, 0.25) is 5.91 Å². The molecule has 2 aliphatic rings. The molecule has 1 fully saturated rings. The van der Waals surface area contributed by atoms with Crippen LogP contribution >= 0.6 is 11.8 Å².